The molecule has 4 rings (SSSR count). The van der Waals surface area contributed by atoms with Crippen LogP contribution in [0, 0.1) is 32.6 Å². The van der Waals surface area contributed by atoms with Gasteiger partial charge in [0.25, 0.3) is 11.8 Å². The number of carbonyl (C=O) groups excluding carboxylic acids is 2. The van der Waals surface area contributed by atoms with Crippen LogP contribution in [0.25, 0.3) is 0 Å². The number of halogens is 6. The second-order valence-electron chi connectivity index (χ2n) is 12.6. The number of aryl methyl sites for hydroxylation is 2. The number of aliphatic hydroxyl groups excluding tert-OH is 1. The molecular weight excluding hydrogens is 1050 g/mol. The molecule has 1 atom stereocenters. The highest BCUT2D eigenvalue weighted by molar-refractivity contribution is 14.1. The van der Waals surface area contributed by atoms with Gasteiger partial charge in [-0.3, -0.25) is 19.3 Å². The van der Waals surface area contributed by atoms with Crippen molar-refractivity contribution in [3.63, 3.8) is 0 Å². The molecule has 0 aliphatic heterocycles. The fraction of sp³-hybridized carbons (Fsp3) is 0.297. The monoisotopic (exact) mass is 1090 g/mol. The maximum atomic E-state index is 14.0. The van der Waals surface area contributed by atoms with Crippen LogP contribution in [-0.4, -0.2) is 46.9 Å². The summed E-state index contributed by atoms with van der Waals surface area (Å²) in [5.41, 5.74) is 8.35. The van der Waals surface area contributed by atoms with Gasteiger partial charge < -0.3 is 20.8 Å². The lowest BCUT2D eigenvalue weighted by Crippen LogP contribution is -2.28. The third-order valence-corrected chi connectivity index (χ3v) is 9.87. The van der Waals surface area contributed by atoms with Crippen molar-refractivity contribution in [2.75, 3.05) is 23.8 Å². The van der Waals surface area contributed by atoms with Crippen molar-refractivity contribution in [2.24, 2.45) is 0 Å². The molecule has 10 nitrogen and oxygen atoms in total. The smallest absolute Gasteiger partial charge is 0.276 e. The van der Waals surface area contributed by atoms with Crippen LogP contribution in [0.15, 0.2) is 69.6 Å². The Morgan fingerprint density at radius 1 is 0.755 bits per heavy atom. The minimum atomic E-state index is -0.890. The Morgan fingerprint density at radius 3 is 1.55 bits per heavy atom. The number of hydroxylamine groups is 2. The topological polar surface area (TPSA) is 141 Å². The van der Waals surface area contributed by atoms with E-state index in [1.807, 2.05) is 50.2 Å². The van der Waals surface area contributed by atoms with E-state index in [0.29, 0.717) is 24.2 Å². The molecule has 0 radical (unpaired) electrons. The van der Waals surface area contributed by atoms with Crippen LogP contribution < -0.4 is 21.6 Å². The standard InChI is InChI=1S/C19H21BrFIN2O3.C18H19BrFIN2O3/c1-11-8-12(22)4-5-16(11)23-17-10-15(21)14(20)9-13(17)18(25)24-27-7-6-19(2,3)26;1-10-7-12(21)3-4-16(10)22-17-9-15(20)14(19)8-13(17)18(25)23-26-6-5-11(2)24/h4-5,8-10,23,26H,6-7H2,1-3H3,(H,24,25);3-4,7-9,11,22,24H,5-6H2,1-2H3,(H,23,25). The lowest BCUT2D eigenvalue weighted by atomic mass is 10.1. The van der Waals surface area contributed by atoms with Crippen LogP contribution in [-0.2, 0) is 9.68 Å². The highest BCUT2D eigenvalue weighted by Crippen LogP contribution is 2.31. The number of aliphatic hydroxyl groups is 2. The molecule has 0 spiro atoms. The summed E-state index contributed by atoms with van der Waals surface area (Å²) in [5.74, 6) is -2.00. The number of nitrogens with one attached hydrogen (secondary N) is 4. The lowest BCUT2D eigenvalue weighted by Gasteiger charge is -2.17. The molecule has 0 saturated heterocycles. The number of anilines is 4. The van der Waals surface area contributed by atoms with Crippen molar-refractivity contribution in [1.29, 1.82) is 0 Å². The molecule has 4 aromatic carbocycles. The molecule has 0 bridgehead atoms. The van der Waals surface area contributed by atoms with Gasteiger partial charge in [0.2, 0.25) is 0 Å². The summed E-state index contributed by atoms with van der Waals surface area (Å²) in [6, 6.07) is 16.9. The van der Waals surface area contributed by atoms with E-state index in [2.05, 4.69) is 98.6 Å². The molecular formula is C37H40Br2F2I2N4O6. The summed E-state index contributed by atoms with van der Waals surface area (Å²) in [6.45, 7) is 9.12. The molecule has 1 unspecified atom stereocenters. The zero-order valence-corrected chi connectivity index (χ0v) is 37.0. The van der Waals surface area contributed by atoms with Crippen molar-refractivity contribution in [1.82, 2.24) is 11.0 Å². The van der Waals surface area contributed by atoms with E-state index in [-0.39, 0.29) is 33.3 Å². The number of benzene rings is 4. The van der Waals surface area contributed by atoms with Crippen LogP contribution in [0.5, 0.6) is 0 Å². The maximum Gasteiger partial charge on any atom is 0.276 e. The first-order chi connectivity index (χ1) is 24.8. The van der Waals surface area contributed by atoms with Gasteiger partial charge >= 0.3 is 0 Å². The van der Waals surface area contributed by atoms with Gasteiger partial charge in [0.05, 0.1) is 56.4 Å². The zero-order chi connectivity index (χ0) is 39.5. The van der Waals surface area contributed by atoms with Gasteiger partial charge in [0.1, 0.15) is 11.6 Å². The van der Waals surface area contributed by atoms with Crippen LogP contribution in [0.3, 0.4) is 0 Å². The van der Waals surface area contributed by atoms with Crippen LogP contribution >= 0.6 is 77.0 Å². The normalized spacial score (nSPS) is 11.6. The minimum Gasteiger partial charge on any atom is -0.393 e. The quantitative estimate of drug-likeness (QED) is 0.0417. The number of hydrogen-bond acceptors (Lipinski definition) is 8. The molecule has 0 aromatic heterocycles. The fourth-order valence-electron chi connectivity index (χ4n) is 4.37. The van der Waals surface area contributed by atoms with E-state index in [1.165, 1.54) is 24.3 Å². The minimum absolute atomic E-state index is 0.149. The SMILES string of the molecule is Cc1cc(I)ccc1Nc1cc(F)c(Br)cc1C(=O)NOCCC(C)(C)O.Cc1cc(I)ccc1Nc1cc(F)c(Br)cc1C(=O)NOCCC(C)O. The fourth-order valence-corrected chi connectivity index (χ4v) is 6.36. The molecule has 6 N–H and O–H groups in total. The van der Waals surface area contributed by atoms with Gasteiger partial charge in [-0.2, -0.15) is 0 Å². The Morgan fingerprint density at radius 2 is 1.17 bits per heavy atom. The van der Waals surface area contributed by atoms with Crippen molar-refractivity contribution in [2.45, 2.75) is 59.2 Å². The molecule has 0 saturated carbocycles. The second kappa shape index (κ2) is 21.0. The zero-order valence-electron chi connectivity index (χ0n) is 29.5. The molecule has 0 heterocycles. The molecule has 4 aromatic rings. The Balaban J connectivity index is 0.000000286. The van der Waals surface area contributed by atoms with Crippen LogP contribution in [0.2, 0.25) is 0 Å². The van der Waals surface area contributed by atoms with Crippen molar-refractivity contribution >= 4 is 112 Å². The number of carbonyl (C=O) groups is 2. The van der Waals surface area contributed by atoms with Gasteiger partial charge in [-0.1, -0.05) is 0 Å². The van der Waals surface area contributed by atoms with E-state index in [4.69, 9.17) is 9.68 Å². The summed E-state index contributed by atoms with van der Waals surface area (Å²) < 4.78 is 30.6. The molecule has 0 aliphatic rings. The van der Waals surface area contributed by atoms with Gasteiger partial charge in [0, 0.05) is 24.9 Å². The van der Waals surface area contributed by atoms with Gasteiger partial charge in [-0.15, -0.1) is 0 Å². The second-order valence-corrected chi connectivity index (χ2v) is 16.8. The number of rotatable bonds is 14. The van der Waals surface area contributed by atoms with E-state index < -0.39 is 35.2 Å². The Hall–Kier alpha value is -2.46. The van der Waals surface area contributed by atoms with E-state index in [0.717, 1.165) is 29.6 Å². The first-order valence-corrected chi connectivity index (χ1v) is 19.9. The van der Waals surface area contributed by atoms with Gasteiger partial charge in [-0.25, -0.2) is 19.7 Å². The molecule has 16 heteroatoms. The third-order valence-electron chi connectivity index (χ3n) is 7.31. The van der Waals surface area contributed by atoms with E-state index >= 15 is 0 Å². The first kappa shape index (κ1) is 44.9. The van der Waals surface area contributed by atoms with Crippen molar-refractivity contribution < 1.29 is 38.3 Å². The van der Waals surface area contributed by atoms with Crippen molar-refractivity contribution in [3.05, 3.63) is 111 Å². The number of hydrogen-bond donors (Lipinski definition) is 6. The molecule has 286 valence electrons. The Kier molecular flexibility index (Phi) is 17.8. The molecule has 53 heavy (non-hydrogen) atoms. The highest BCUT2D eigenvalue weighted by atomic mass is 127. The summed E-state index contributed by atoms with van der Waals surface area (Å²) in [7, 11) is 0. The highest BCUT2D eigenvalue weighted by Gasteiger charge is 2.19. The van der Waals surface area contributed by atoms with Crippen molar-refractivity contribution in [3.8, 4) is 0 Å². The third kappa shape index (κ3) is 14.9. The van der Waals surface area contributed by atoms with Gasteiger partial charge in [0.15, 0.2) is 0 Å². The summed E-state index contributed by atoms with van der Waals surface area (Å²) in [4.78, 5) is 35.1. The average Bonchev–Trinajstić information content (AvgIpc) is 3.06. The maximum absolute atomic E-state index is 14.0. The van der Waals surface area contributed by atoms with E-state index in [1.54, 1.807) is 20.8 Å². The summed E-state index contributed by atoms with van der Waals surface area (Å²) in [5, 5.41) is 25.1. The Bertz CT molecular complexity index is 1910. The van der Waals surface area contributed by atoms with Gasteiger partial charge in [-0.05, 0) is 190 Å². The number of amides is 2. The van der Waals surface area contributed by atoms with Crippen LogP contribution in [0.1, 0.15) is 65.5 Å². The molecule has 0 aliphatic carbocycles. The Labute approximate surface area is 351 Å². The predicted molar refractivity (Wildman–Crippen MR) is 227 cm³/mol. The molecule has 0 fully saturated rings. The average molecular weight is 1090 g/mol. The van der Waals surface area contributed by atoms with E-state index in [9.17, 15) is 28.6 Å². The predicted octanol–water partition coefficient (Wildman–Crippen LogP) is 9.74. The largest absolute Gasteiger partial charge is 0.393 e. The summed E-state index contributed by atoms with van der Waals surface area (Å²) >= 11 is 10.6. The lowest BCUT2D eigenvalue weighted by molar-refractivity contribution is -0.00569. The first-order valence-electron chi connectivity index (χ1n) is 16.1. The summed E-state index contributed by atoms with van der Waals surface area (Å²) in [6.07, 6.45) is 0.223. The molecule has 2 amide bonds. The van der Waals surface area contributed by atoms with Crippen LogP contribution in [0.4, 0.5) is 31.5 Å².